The fraction of sp³-hybridized carbons (Fsp3) is 0.0833. The van der Waals surface area contributed by atoms with Crippen molar-refractivity contribution in [2.75, 3.05) is 0 Å². The molecule has 0 aromatic carbocycles. The zero-order chi connectivity index (χ0) is 14.5. The summed E-state index contributed by atoms with van der Waals surface area (Å²) in [5, 5.41) is 7.32. The average Bonchev–Trinajstić information content (AvgIpc) is 2.41. The molecule has 103 valence electrons. The molecule has 0 atom stereocenters. The van der Waals surface area contributed by atoms with Gasteiger partial charge in [0.2, 0.25) is 0 Å². The molecule has 0 aliphatic carbocycles. The van der Waals surface area contributed by atoms with Crippen LogP contribution in [0.3, 0.4) is 0 Å². The van der Waals surface area contributed by atoms with E-state index in [1.165, 1.54) is 6.92 Å². The van der Waals surface area contributed by atoms with Crippen LogP contribution in [0.5, 0.6) is 0 Å². The Kier molecular flexibility index (Phi) is 11.9. The summed E-state index contributed by atoms with van der Waals surface area (Å²) in [5.41, 5.74) is 1.83. The Morgan fingerprint density at radius 2 is 1.26 bits per heavy atom. The second-order valence-corrected chi connectivity index (χ2v) is 13.8. The predicted octanol–water partition coefficient (Wildman–Crippen LogP) is 4.74. The molecule has 2 heterocycles. The van der Waals surface area contributed by atoms with Gasteiger partial charge >= 0.3 is 42.1 Å². The number of hydrogen-bond donors (Lipinski definition) is 0. The maximum atomic E-state index is 7.32. The minimum absolute atomic E-state index is 0.915. The molecule has 0 saturated heterocycles. The Balaban J connectivity index is 0.000000393. The maximum Gasteiger partial charge on any atom is 0.0886 e. The SMILES string of the molecule is CC#N.[Cl][Os]([Cl])[Cl].c1ccc(-c2ccccn2)nc1. The number of aromatic nitrogens is 2. The summed E-state index contributed by atoms with van der Waals surface area (Å²) in [5.74, 6) is 0. The average molecular weight is 494 g/mol. The van der Waals surface area contributed by atoms with Crippen molar-refractivity contribution in [2.24, 2.45) is 0 Å². The third-order valence-electron chi connectivity index (χ3n) is 1.59. The Labute approximate surface area is 130 Å². The van der Waals surface area contributed by atoms with Crippen LogP contribution >= 0.6 is 28.9 Å². The Bertz CT molecular complexity index is 434. The molecule has 0 unspecified atom stereocenters. The molecular formula is C12H11Cl3N3Os. The molecule has 0 radical (unpaired) electrons. The van der Waals surface area contributed by atoms with E-state index >= 15 is 0 Å². The predicted molar refractivity (Wildman–Crippen MR) is 76.3 cm³/mol. The van der Waals surface area contributed by atoms with Gasteiger partial charge < -0.3 is 0 Å². The van der Waals surface area contributed by atoms with Gasteiger partial charge in [0.15, 0.2) is 0 Å². The van der Waals surface area contributed by atoms with Crippen LogP contribution in [0.15, 0.2) is 48.8 Å². The molecule has 0 saturated carbocycles. The van der Waals surface area contributed by atoms with Crippen molar-refractivity contribution < 1.29 is 13.2 Å². The monoisotopic (exact) mass is 494 g/mol. The van der Waals surface area contributed by atoms with Crippen molar-refractivity contribution >= 4 is 28.9 Å². The first-order valence-electron chi connectivity index (χ1n) is 4.92. The molecule has 3 nitrogen and oxygen atoms in total. The zero-order valence-corrected chi connectivity index (χ0v) is 14.8. The van der Waals surface area contributed by atoms with Crippen molar-refractivity contribution in [1.82, 2.24) is 9.97 Å². The van der Waals surface area contributed by atoms with Gasteiger partial charge in [-0.1, -0.05) is 12.1 Å². The van der Waals surface area contributed by atoms with E-state index in [0.29, 0.717) is 0 Å². The number of nitrogens with zero attached hydrogens (tertiary/aromatic N) is 3. The summed E-state index contributed by atoms with van der Waals surface area (Å²) in [7, 11) is 14.9. The van der Waals surface area contributed by atoms with Gasteiger partial charge in [-0.15, -0.1) is 0 Å². The van der Waals surface area contributed by atoms with Gasteiger partial charge in [0.25, 0.3) is 0 Å². The van der Waals surface area contributed by atoms with Crippen LogP contribution in [0.25, 0.3) is 11.4 Å². The molecule has 2 rings (SSSR count). The molecule has 2 aromatic rings. The summed E-state index contributed by atoms with van der Waals surface area (Å²) in [6.45, 7) is 1.43. The van der Waals surface area contributed by atoms with Crippen molar-refractivity contribution in [3.63, 3.8) is 0 Å². The number of halogens is 3. The molecule has 2 aromatic heterocycles. The third-order valence-corrected chi connectivity index (χ3v) is 1.59. The van der Waals surface area contributed by atoms with Crippen LogP contribution in [-0.2, 0) is 13.2 Å². The summed E-state index contributed by atoms with van der Waals surface area (Å²) in [4.78, 5) is 8.37. The van der Waals surface area contributed by atoms with Crippen molar-refractivity contribution in [3.05, 3.63) is 48.8 Å². The first kappa shape index (κ1) is 18.3. The quantitative estimate of drug-likeness (QED) is 0.577. The number of hydrogen-bond acceptors (Lipinski definition) is 3. The molecule has 0 spiro atoms. The van der Waals surface area contributed by atoms with Crippen LogP contribution in [0.1, 0.15) is 6.92 Å². The number of nitriles is 1. The third kappa shape index (κ3) is 10.9. The van der Waals surface area contributed by atoms with Crippen LogP contribution in [0.4, 0.5) is 0 Å². The standard InChI is InChI=1S/C10H8N2.C2H3N.3ClH.Os/c1-3-7-11-9(5-1)10-6-2-4-8-12-10;1-2-3;;;;/h1-8H;1H3;3*1H;/q;;;;;+3/p-3. The molecule has 0 aliphatic rings. The van der Waals surface area contributed by atoms with E-state index in [1.54, 1.807) is 18.5 Å². The number of rotatable bonds is 1. The van der Waals surface area contributed by atoms with Gasteiger partial charge in [0, 0.05) is 19.3 Å². The Morgan fingerprint density at radius 1 is 0.947 bits per heavy atom. The minimum Gasteiger partial charge on any atom is -0.255 e. The fourth-order valence-electron chi connectivity index (χ4n) is 1.03. The summed E-state index contributed by atoms with van der Waals surface area (Å²) in [6.07, 6.45) is 3.54. The Hall–Kier alpha value is -0.704. The smallest absolute Gasteiger partial charge is 0.0886 e. The van der Waals surface area contributed by atoms with Gasteiger partial charge in [-0.25, -0.2) is 0 Å². The molecule has 19 heavy (non-hydrogen) atoms. The van der Waals surface area contributed by atoms with E-state index in [4.69, 9.17) is 34.2 Å². The molecule has 0 fully saturated rings. The van der Waals surface area contributed by atoms with Crippen LogP contribution in [-0.4, -0.2) is 9.97 Å². The topological polar surface area (TPSA) is 49.6 Å². The minimum atomic E-state index is -1.98. The van der Waals surface area contributed by atoms with Gasteiger partial charge in [-0.05, 0) is 24.3 Å². The summed E-state index contributed by atoms with van der Waals surface area (Å²) in [6, 6.07) is 13.3. The fourth-order valence-corrected chi connectivity index (χ4v) is 1.03. The van der Waals surface area contributed by atoms with Crippen LogP contribution in [0, 0.1) is 11.3 Å². The maximum absolute atomic E-state index is 7.32. The Morgan fingerprint density at radius 3 is 1.47 bits per heavy atom. The van der Waals surface area contributed by atoms with E-state index in [1.807, 2.05) is 36.4 Å². The van der Waals surface area contributed by atoms with Gasteiger partial charge in [0.05, 0.1) is 17.5 Å². The summed E-state index contributed by atoms with van der Waals surface area (Å²) >= 11 is -1.98. The van der Waals surface area contributed by atoms with Gasteiger partial charge in [0.1, 0.15) is 0 Å². The van der Waals surface area contributed by atoms with E-state index in [0.717, 1.165) is 11.4 Å². The molecule has 0 amide bonds. The summed E-state index contributed by atoms with van der Waals surface area (Å²) < 4.78 is 0. The molecule has 0 bridgehead atoms. The van der Waals surface area contributed by atoms with E-state index in [9.17, 15) is 0 Å². The first-order chi connectivity index (χ1) is 9.11. The second kappa shape index (κ2) is 12.3. The van der Waals surface area contributed by atoms with Gasteiger partial charge in [-0.2, -0.15) is 5.26 Å². The van der Waals surface area contributed by atoms with E-state index in [2.05, 4.69) is 9.97 Å². The van der Waals surface area contributed by atoms with E-state index < -0.39 is 13.2 Å². The molecule has 7 heteroatoms. The van der Waals surface area contributed by atoms with E-state index in [-0.39, 0.29) is 0 Å². The first-order valence-corrected chi connectivity index (χ1v) is 14.4. The van der Waals surface area contributed by atoms with Gasteiger partial charge in [-0.3, -0.25) is 9.97 Å². The van der Waals surface area contributed by atoms with Crippen molar-refractivity contribution in [1.29, 1.82) is 5.26 Å². The van der Waals surface area contributed by atoms with Crippen LogP contribution < -0.4 is 0 Å². The largest absolute Gasteiger partial charge is 0.255 e. The molecular weight excluding hydrogens is 483 g/mol. The van der Waals surface area contributed by atoms with Crippen molar-refractivity contribution in [3.8, 4) is 17.5 Å². The molecule has 0 N–H and O–H groups in total. The van der Waals surface area contributed by atoms with Crippen LogP contribution in [0.2, 0.25) is 0 Å². The van der Waals surface area contributed by atoms with Crippen molar-refractivity contribution in [2.45, 2.75) is 6.92 Å². The molecule has 0 aliphatic heterocycles. The second-order valence-electron chi connectivity index (χ2n) is 2.81. The normalized spacial score (nSPS) is 8.89. The number of pyridine rings is 2. The zero-order valence-electron chi connectivity index (χ0n) is 9.95.